The van der Waals surface area contributed by atoms with Crippen LogP contribution in [0.4, 0.5) is 5.69 Å². The molecule has 2 aliphatic rings. The summed E-state index contributed by atoms with van der Waals surface area (Å²) in [6.45, 7) is 1.45. The number of rotatable bonds is 2. The van der Waals surface area contributed by atoms with Crippen LogP contribution < -0.4 is 15.2 Å². The highest BCUT2D eigenvalue weighted by molar-refractivity contribution is 5.99. The number of carbonyl (C=O) groups is 1. The molecule has 5 heteroatoms. The zero-order valence-corrected chi connectivity index (χ0v) is 12.0. The van der Waals surface area contributed by atoms with Gasteiger partial charge in [-0.2, -0.15) is 0 Å². The standard InChI is InChI=1S/C17H16N2O3/c18-14-5-3-4-12-13(14)9-19(17(12)20)8-11-10-21-15-6-1-2-7-16(15)22-11/h1-7,11H,8-10,18H2. The molecule has 0 saturated carbocycles. The SMILES string of the molecule is Nc1cccc2c1CN(CC1COc3ccccc3O1)C2=O. The topological polar surface area (TPSA) is 64.8 Å². The van der Waals surface area contributed by atoms with Gasteiger partial charge in [-0.05, 0) is 24.3 Å². The van der Waals surface area contributed by atoms with Gasteiger partial charge in [-0.1, -0.05) is 18.2 Å². The number of nitrogens with two attached hydrogens (primary N) is 1. The number of fused-ring (bicyclic) bond motifs is 2. The molecule has 2 N–H and O–H groups in total. The van der Waals surface area contributed by atoms with Gasteiger partial charge in [-0.25, -0.2) is 0 Å². The minimum atomic E-state index is -0.172. The lowest BCUT2D eigenvalue weighted by Crippen LogP contribution is -2.41. The van der Waals surface area contributed by atoms with Gasteiger partial charge >= 0.3 is 0 Å². The molecule has 22 heavy (non-hydrogen) atoms. The average molecular weight is 296 g/mol. The third-order valence-corrected chi connectivity index (χ3v) is 4.07. The minimum absolute atomic E-state index is 0.00441. The molecular weight excluding hydrogens is 280 g/mol. The first kappa shape index (κ1) is 13.0. The second kappa shape index (κ2) is 4.94. The Kier molecular flexibility index (Phi) is 2.92. The first-order valence-corrected chi connectivity index (χ1v) is 7.27. The Hall–Kier alpha value is -2.69. The number of benzene rings is 2. The summed E-state index contributed by atoms with van der Waals surface area (Å²) < 4.78 is 11.6. The van der Waals surface area contributed by atoms with E-state index in [4.69, 9.17) is 15.2 Å². The molecule has 1 amide bonds. The number of carbonyl (C=O) groups excluding carboxylic acids is 1. The van der Waals surface area contributed by atoms with Gasteiger partial charge in [0.2, 0.25) is 0 Å². The fourth-order valence-corrected chi connectivity index (χ4v) is 2.96. The second-order valence-corrected chi connectivity index (χ2v) is 5.56. The highest BCUT2D eigenvalue weighted by Gasteiger charge is 2.32. The summed E-state index contributed by atoms with van der Waals surface area (Å²) in [5.74, 6) is 1.48. The van der Waals surface area contributed by atoms with Crippen molar-refractivity contribution in [1.29, 1.82) is 0 Å². The Morgan fingerprint density at radius 3 is 2.77 bits per heavy atom. The number of anilines is 1. The van der Waals surface area contributed by atoms with Gasteiger partial charge in [0.25, 0.3) is 5.91 Å². The lowest BCUT2D eigenvalue weighted by atomic mass is 10.1. The molecule has 0 spiro atoms. The largest absolute Gasteiger partial charge is 0.486 e. The number of hydrogen-bond acceptors (Lipinski definition) is 4. The van der Waals surface area contributed by atoms with Gasteiger partial charge in [0, 0.05) is 23.4 Å². The fourth-order valence-electron chi connectivity index (χ4n) is 2.96. The average Bonchev–Trinajstić information content (AvgIpc) is 2.85. The highest BCUT2D eigenvalue weighted by atomic mass is 16.6. The van der Waals surface area contributed by atoms with E-state index < -0.39 is 0 Å². The third-order valence-electron chi connectivity index (χ3n) is 4.07. The van der Waals surface area contributed by atoms with E-state index in [1.165, 1.54) is 0 Å². The molecular formula is C17H16N2O3. The van der Waals surface area contributed by atoms with Crippen LogP contribution in [0.15, 0.2) is 42.5 Å². The van der Waals surface area contributed by atoms with Crippen LogP contribution in [0.2, 0.25) is 0 Å². The van der Waals surface area contributed by atoms with E-state index in [1.807, 2.05) is 42.5 Å². The Labute approximate surface area is 128 Å². The maximum atomic E-state index is 12.4. The summed E-state index contributed by atoms with van der Waals surface area (Å²) in [7, 11) is 0. The van der Waals surface area contributed by atoms with E-state index >= 15 is 0 Å². The predicted octanol–water partition coefficient (Wildman–Crippen LogP) is 2.06. The van der Waals surface area contributed by atoms with Crippen molar-refractivity contribution in [3.63, 3.8) is 0 Å². The molecule has 0 aliphatic carbocycles. The number of hydrogen-bond donors (Lipinski definition) is 1. The summed E-state index contributed by atoms with van der Waals surface area (Å²) in [6.07, 6.45) is -0.172. The van der Waals surface area contributed by atoms with Crippen molar-refractivity contribution in [2.45, 2.75) is 12.6 Å². The van der Waals surface area contributed by atoms with Crippen molar-refractivity contribution < 1.29 is 14.3 Å². The Balaban J connectivity index is 1.50. The molecule has 2 aliphatic heterocycles. The number of nitrogen functional groups attached to an aromatic ring is 1. The van der Waals surface area contributed by atoms with Gasteiger partial charge in [0.1, 0.15) is 6.61 Å². The maximum Gasteiger partial charge on any atom is 0.254 e. The third kappa shape index (κ3) is 2.06. The maximum absolute atomic E-state index is 12.4. The fraction of sp³-hybridized carbons (Fsp3) is 0.235. The van der Waals surface area contributed by atoms with Gasteiger partial charge in [-0.15, -0.1) is 0 Å². The van der Waals surface area contributed by atoms with Crippen LogP contribution in [0.3, 0.4) is 0 Å². The van der Waals surface area contributed by atoms with Gasteiger partial charge in [0.05, 0.1) is 6.54 Å². The zero-order chi connectivity index (χ0) is 15.1. The number of amides is 1. The smallest absolute Gasteiger partial charge is 0.254 e. The lowest BCUT2D eigenvalue weighted by Gasteiger charge is -2.29. The summed E-state index contributed by atoms with van der Waals surface area (Å²) in [5.41, 5.74) is 8.22. The van der Waals surface area contributed by atoms with Crippen LogP contribution in [0.1, 0.15) is 15.9 Å². The molecule has 1 atom stereocenters. The first-order valence-electron chi connectivity index (χ1n) is 7.27. The summed E-state index contributed by atoms with van der Waals surface area (Å²) >= 11 is 0. The van der Waals surface area contributed by atoms with Crippen LogP contribution >= 0.6 is 0 Å². The zero-order valence-electron chi connectivity index (χ0n) is 12.0. The number of ether oxygens (including phenoxy) is 2. The van der Waals surface area contributed by atoms with E-state index in [0.717, 1.165) is 17.1 Å². The van der Waals surface area contributed by atoms with Crippen molar-refractivity contribution in [3.8, 4) is 11.5 Å². The van der Waals surface area contributed by atoms with Gasteiger partial charge in [-0.3, -0.25) is 4.79 Å². The quantitative estimate of drug-likeness (QED) is 0.862. The molecule has 0 radical (unpaired) electrons. The Morgan fingerprint density at radius 2 is 1.95 bits per heavy atom. The van der Waals surface area contributed by atoms with Crippen LogP contribution in [-0.4, -0.2) is 30.1 Å². The van der Waals surface area contributed by atoms with Crippen molar-refractivity contribution >= 4 is 11.6 Å². The van der Waals surface area contributed by atoms with E-state index in [1.54, 1.807) is 4.90 Å². The van der Waals surface area contributed by atoms with E-state index in [9.17, 15) is 4.79 Å². The van der Waals surface area contributed by atoms with E-state index in [-0.39, 0.29) is 12.0 Å². The highest BCUT2D eigenvalue weighted by Crippen LogP contribution is 2.32. The molecule has 0 fully saturated rings. The second-order valence-electron chi connectivity index (χ2n) is 5.56. The molecule has 4 rings (SSSR count). The molecule has 5 nitrogen and oxygen atoms in total. The van der Waals surface area contributed by atoms with Crippen LogP contribution in [-0.2, 0) is 6.54 Å². The Morgan fingerprint density at radius 1 is 1.14 bits per heavy atom. The van der Waals surface area contributed by atoms with Crippen LogP contribution in [0.5, 0.6) is 11.5 Å². The normalized spacial score (nSPS) is 19.2. The minimum Gasteiger partial charge on any atom is -0.486 e. The van der Waals surface area contributed by atoms with Crippen LogP contribution in [0, 0.1) is 0 Å². The molecule has 0 bridgehead atoms. The predicted molar refractivity (Wildman–Crippen MR) is 81.9 cm³/mol. The summed E-state index contributed by atoms with van der Waals surface area (Å²) in [6, 6.07) is 13.0. The van der Waals surface area contributed by atoms with Crippen LogP contribution in [0.25, 0.3) is 0 Å². The van der Waals surface area contributed by atoms with Crippen molar-refractivity contribution in [2.75, 3.05) is 18.9 Å². The van der Waals surface area contributed by atoms with Gasteiger partial charge < -0.3 is 20.1 Å². The monoisotopic (exact) mass is 296 g/mol. The van der Waals surface area contributed by atoms with Crippen molar-refractivity contribution in [1.82, 2.24) is 4.90 Å². The lowest BCUT2D eigenvalue weighted by molar-refractivity contribution is 0.0478. The van der Waals surface area contributed by atoms with Crippen molar-refractivity contribution in [3.05, 3.63) is 53.6 Å². The molecule has 2 heterocycles. The van der Waals surface area contributed by atoms with Gasteiger partial charge in [0.15, 0.2) is 17.6 Å². The molecule has 112 valence electrons. The number of nitrogens with zero attached hydrogens (tertiary/aromatic N) is 1. The first-order chi connectivity index (χ1) is 10.7. The summed E-state index contributed by atoms with van der Waals surface area (Å²) in [4.78, 5) is 14.2. The molecule has 0 aromatic heterocycles. The van der Waals surface area contributed by atoms with E-state index in [2.05, 4.69) is 0 Å². The molecule has 2 aromatic carbocycles. The van der Waals surface area contributed by atoms with E-state index in [0.29, 0.717) is 30.9 Å². The number of para-hydroxylation sites is 2. The molecule has 1 unspecified atom stereocenters. The Bertz CT molecular complexity index is 744. The molecule has 2 aromatic rings. The summed E-state index contributed by atoms with van der Waals surface area (Å²) in [5, 5.41) is 0. The molecule has 0 saturated heterocycles. The van der Waals surface area contributed by atoms with Crippen molar-refractivity contribution in [2.24, 2.45) is 0 Å².